The number of likely N-dealkylation sites (tertiary alicyclic amines) is 1. The highest BCUT2D eigenvalue weighted by Crippen LogP contribution is 2.41. The van der Waals surface area contributed by atoms with E-state index in [0.29, 0.717) is 30.2 Å². The molecule has 0 saturated carbocycles. The largest absolute Gasteiger partial charge is 0.454 e. The van der Waals surface area contributed by atoms with Gasteiger partial charge >= 0.3 is 0 Å². The SMILES string of the molecule is O=C(N/C(C(=O)N1CCCCC1)=C(\Cl)c1cccc2c1OCO2)c1ccc([N+](=O)[O-])cc1. The molecule has 9 nitrogen and oxygen atoms in total. The molecule has 2 amide bonds. The van der Waals surface area contributed by atoms with Crippen molar-refractivity contribution in [3.63, 3.8) is 0 Å². The Kier molecular flexibility index (Phi) is 6.27. The molecule has 2 heterocycles. The van der Waals surface area contributed by atoms with Crippen LogP contribution in [0.15, 0.2) is 48.2 Å². The van der Waals surface area contributed by atoms with E-state index < -0.39 is 16.7 Å². The quantitative estimate of drug-likeness (QED) is 0.416. The van der Waals surface area contributed by atoms with Crippen molar-refractivity contribution < 1.29 is 24.0 Å². The minimum Gasteiger partial charge on any atom is -0.454 e. The topological polar surface area (TPSA) is 111 Å². The number of nitro groups is 1. The fourth-order valence-electron chi connectivity index (χ4n) is 3.62. The zero-order valence-electron chi connectivity index (χ0n) is 17.0. The summed E-state index contributed by atoms with van der Waals surface area (Å²) in [6, 6.07) is 10.2. The van der Waals surface area contributed by atoms with Crippen molar-refractivity contribution in [3.05, 3.63) is 69.4 Å². The predicted molar refractivity (Wildman–Crippen MR) is 116 cm³/mol. The first-order valence-electron chi connectivity index (χ1n) is 10.1. The molecule has 0 unspecified atom stereocenters. The van der Waals surface area contributed by atoms with Gasteiger partial charge in [-0.05, 0) is 43.5 Å². The average molecular weight is 458 g/mol. The molecule has 4 rings (SSSR count). The van der Waals surface area contributed by atoms with Crippen molar-refractivity contribution in [1.29, 1.82) is 0 Å². The third kappa shape index (κ3) is 4.38. The van der Waals surface area contributed by atoms with Crippen LogP contribution in [0.1, 0.15) is 35.2 Å². The molecule has 1 saturated heterocycles. The van der Waals surface area contributed by atoms with Crippen LogP contribution in [0, 0.1) is 10.1 Å². The van der Waals surface area contributed by atoms with E-state index in [1.807, 2.05) is 0 Å². The van der Waals surface area contributed by atoms with Gasteiger partial charge in [-0.15, -0.1) is 0 Å². The lowest BCUT2D eigenvalue weighted by molar-refractivity contribution is -0.384. The molecule has 0 spiro atoms. The lowest BCUT2D eigenvalue weighted by Gasteiger charge is -2.28. The maximum absolute atomic E-state index is 13.3. The highest BCUT2D eigenvalue weighted by Gasteiger charge is 2.28. The van der Waals surface area contributed by atoms with Crippen LogP contribution in [-0.4, -0.2) is 41.5 Å². The molecule has 0 radical (unpaired) electrons. The lowest BCUT2D eigenvalue weighted by atomic mass is 10.1. The van der Waals surface area contributed by atoms with Crippen LogP contribution in [0.3, 0.4) is 0 Å². The van der Waals surface area contributed by atoms with Gasteiger partial charge < -0.3 is 19.7 Å². The Morgan fingerprint density at radius 2 is 1.75 bits per heavy atom. The first kappa shape index (κ1) is 21.6. The number of ether oxygens (including phenoxy) is 2. The summed E-state index contributed by atoms with van der Waals surface area (Å²) in [5, 5.41) is 13.5. The zero-order chi connectivity index (χ0) is 22.7. The standard InChI is InChI=1S/C22H20ClN3O6/c23-18(16-5-4-6-17-20(16)32-13-31-17)19(22(28)25-11-2-1-3-12-25)24-21(27)14-7-9-15(10-8-14)26(29)30/h4-10H,1-3,11-13H2,(H,24,27)/b19-18-. The van der Waals surface area contributed by atoms with Gasteiger partial charge in [-0.1, -0.05) is 17.7 Å². The number of nitrogens with one attached hydrogen (secondary N) is 1. The van der Waals surface area contributed by atoms with Crippen LogP contribution in [0.25, 0.3) is 5.03 Å². The fraction of sp³-hybridized carbons (Fsp3) is 0.273. The van der Waals surface area contributed by atoms with E-state index in [0.717, 1.165) is 19.3 Å². The number of nitro benzene ring substituents is 1. The average Bonchev–Trinajstić information content (AvgIpc) is 3.31. The number of halogens is 1. The molecule has 1 fully saturated rings. The lowest BCUT2D eigenvalue weighted by Crippen LogP contribution is -2.41. The minimum absolute atomic E-state index is 0.0261. The summed E-state index contributed by atoms with van der Waals surface area (Å²) >= 11 is 6.66. The molecule has 2 aromatic rings. The molecule has 32 heavy (non-hydrogen) atoms. The minimum atomic E-state index is -0.608. The molecule has 2 aromatic carbocycles. The number of hydrogen-bond donors (Lipinski definition) is 1. The first-order chi connectivity index (χ1) is 15.5. The van der Waals surface area contributed by atoms with E-state index in [1.165, 1.54) is 24.3 Å². The summed E-state index contributed by atoms with van der Waals surface area (Å²) in [5.41, 5.74) is 0.352. The van der Waals surface area contributed by atoms with Crippen LogP contribution < -0.4 is 14.8 Å². The maximum Gasteiger partial charge on any atom is 0.271 e. The number of amides is 2. The monoisotopic (exact) mass is 457 g/mol. The van der Waals surface area contributed by atoms with Gasteiger partial charge in [0.05, 0.1) is 9.96 Å². The number of carbonyl (C=O) groups is 2. The van der Waals surface area contributed by atoms with E-state index in [4.69, 9.17) is 21.1 Å². The summed E-state index contributed by atoms with van der Waals surface area (Å²) < 4.78 is 10.9. The number of rotatable bonds is 5. The third-order valence-electron chi connectivity index (χ3n) is 5.29. The molecule has 0 aromatic heterocycles. The number of para-hydroxylation sites is 1. The maximum atomic E-state index is 13.3. The van der Waals surface area contributed by atoms with Crippen molar-refractivity contribution in [1.82, 2.24) is 10.2 Å². The predicted octanol–water partition coefficient (Wildman–Crippen LogP) is 3.67. The smallest absolute Gasteiger partial charge is 0.271 e. The second kappa shape index (κ2) is 9.27. The molecule has 0 atom stereocenters. The first-order valence-corrected chi connectivity index (χ1v) is 10.5. The highest BCUT2D eigenvalue weighted by atomic mass is 35.5. The number of nitrogens with zero attached hydrogens (tertiary/aromatic N) is 2. The highest BCUT2D eigenvalue weighted by molar-refractivity contribution is 6.51. The van der Waals surface area contributed by atoms with Crippen LogP contribution in [-0.2, 0) is 4.79 Å². The van der Waals surface area contributed by atoms with Crippen molar-refractivity contribution in [2.24, 2.45) is 0 Å². The number of non-ortho nitro benzene ring substituents is 1. The van der Waals surface area contributed by atoms with Gasteiger partial charge in [0.15, 0.2) is 11.5 Å². The summed E-state index contributed by atoms with van der Waals surface area (Å²) in [6.45, 7) is 1.15. The van der Waals surface area contributed by atoms with E-state index in [2.05, 4.69) is 5.32 Å². The zero-order valence-corrected chi connectivity index (χ0v) is 17.8. The van der Waals surface area contributed by atoms with Crippen LogP contribution in [0.2, 0.25) is 0 Å². The van der Waals surface area contributed by atoms with Gasteiger partial charge in [-0.2, -0.15) is 0 Å². The van der Waals surface area contributed by atoms with Crippen molar-refractivity contribution >= 4 is 34.1 Å². The van der Waals surface area contributed by atoms with E-state index >= 15 is 0 Å². The van der Waals surface area contributed by atoms with Gasteiger partial charge in [0.2, 0.25) is 6.79 Å². The number of fused-ring (bicyclic) bond motifs is 1. The Hall–Kier alpha value is -3.59. The molecule has 166 valence electrons. The van der Waals surface area contributed by atoms with Crippen LogP contribution in [0.4, 0.5) is 5.69 Å². The molecule has 2 aliphatic rings. The fourth-order valence-corrected chi connectivity index (χ4v) is 3.89. The van der Waals surface area contributed by atoms with Gasteiger partial charge in [-0.3, -0.25) is 19.7 Å². The van der Waals surface area contributed by atoms with E-state index in [1.54, 1.807) is 23.1 Å². The number of hydrogen-bond acceptors (Lipinski definition) is 6. The Bertz CT molecular complexity index is 1090. The number of benzene rings is 2. The van der Waals surface area contributed by atoms with Crippen molar-refractivity contribution in [3.8, 4) is 11.5 Å². The Morgan fingerprint density at radius 3 is 2.44 bits per heavy atom. The molecular formula is C22H20ClN3O6. The molecule has 10 heteroatoms. The number of carbonyl (C=O) groups excluding carboxylic acids is 2. The van der Waals surface area contributed by atoms with E-state index in [9.17, 15) is 19.7 Å². The van der Waals surface area contributed by atoms with Gasteiger partial charge in [-0.25, -0.2) is 0 Å². The third-order valence-corrected chi connectivity index (χ3v) is 5.68. The molecule has 0 bridgehead atoms. The summed E-state index contributed by atoms with van der Waals surface area (Å²) in [5.74, 6) is -0.122. The Balaban J connectivity index is 1.70. The van der Waals surface area contributed by atoms with Gasteiger partial charge in [0.25, 0.3) is 17.5 Å². The molecule has 0 aliphatic carbocycles. The van der Waals surface area contributed by atoms with Crippen molar-refractivity contribution in [2.75, 3.05) is 19.9 Å². The Morgan fingerprint density at radius 1 is 1.03 bits per heavy atom. The summed E-state index contributed by atoms with van der Waals surface area (Å²) in [7, 11) is 0. The summed E-state index contributed by atoms with van der Waals surface area (Å²) in [6.07, 6.45) is 2.76. The normalized spacial score (nSPS) is 15.7. The van der Waals surface area contributed by atoms with Gasteiger partial charge in [0.1, 0.15) is 5.70 Å². The molecular weight excluding hydrogens is 438 g/mol. The Labute approximate surface area is 188 Å². The van der Waals surface area contributed by atoms with Gasteiger partial charge in [0, 0.05) is 36.3 Å². The second-order valence-corrected chi connectivity index (χ2v) is 7.72. The van der Waals surface area contributed by atoms with Crippen LogP contribution in [0.5, 0.6) is 11.5 Å². The second-order valence-electron chi connectivity index (χ2n) is 7.34. The molecule has 2 aliphatic heterocycles. The van der Waals surface area contributed by atoms with Crippen LogP contribution >= 0.6 is 11.6 Å². The van der Waals surface area contributed by atoms with E-state index in [-0.39, 0.29) is 28.8 Å². The van der Waals surface area contributed by atoms with Crippen molar-refractivity contribution in [2.45, 2.75) is 19.3 Å². The number of piperidine rings is 1. The molecule has 1 N–H and O–H groups in total. The summed E-state index contributed by atoms with van der Waals surface area (Å²) in [4.78, 5) is 38.2.